The maximum Gasteiger partial charge on any atom is 0.244 e. The fourth-order valence-corrected chi connectivity index (χ4v) is 4.04. The average molecular weight is 367 g/mol. The summed E-state index contributed by atoms with van der Waals surface area (Å²) in [6.07, 6.45) is 1.38. The molecule has 1 aromatic heterocycles. The highest BCUT2D eigenvalue weighted by molar-refractivity contribution is 7.89. The van der Waals surface area contributed by atoms with Gasteiger partial charge in [-0.2, -0.15) is 4.31 Å². The van der Waals surface area contributed by atoms with Gasteiger partial charge in [0.25, 0.3) is 0 Å². The predicted molar refractivity (Wildman–Crippen MR) is 95.2 cm³/mol. The van der Waals surface area contributed by atoms with Crippen LogP contribution in [0.4, 0.5) is 11.5 Å². The minimum Gasteiger partial charge on any atom is -0.339 e. The summed E-state index contributed by atoms with van der Waals surface area (Å²) in [4.78, 5) is 6.52. The molecule has 1 saturated heterocycles. The highest BCUT2D eigenvalue weighted by atomic mass is 35.5. The maximum atomic E-state index is 12.6. The summed E-state index contributed by atoms with van der Waals surface area (Å²) < 4.78 is 26.8. The van der Waals surface area contributed by atoms with Gasteiger partial charge in [0, 0.05) is 32.4 Å². The number of likely N-dealkylation sites (N-methyl/N-ethyl adjacent to an activating group) is 1. The van der Waals surface area contributed by atoms with E-state index in [-0.39, 0.29) is 4.90 Å². The largest absolute Gasteiger partial charge is 0.339 e. The van der Waals surface area contributed by atoms with Crippen molar-refractivity contribution in [1.82, 2.24) is 14.2 Å². The minimum atomic E-state index is -3.49. The number of benzene rings is 1. The lowest BCUT2D eigenvalue weighted by molar-refractivity contribution is 0.222. The number of anilines is 2. The zero-order valence-corrected chi connectivity index (χ0v) is 14.9. The van der Waals surface area contributed by atoms with E-state index in [1.54, 1.807) is 18.2 Å². The lowest BCUT2D eigenvalue weighted by Gasteiger charge is -2.31. The monoisotopic (exact) mass is 366 g/mol. The van der Waals surface area contributed by atoms with Crippen LogP contribution in [0.5, 0.6) is 0 Å². The number of rotatable bonds is 4. The van der Waals surface area contributed by atoms with Crippen molar-refractivity contribution in [1.29, 1.82) is 0 Å². The predicted octanol–water partition coefficient (Wildman–Crippen LogP) is 2.41. The molecule has 0 spiro atoms. The van der Waals surface area contributed by atoms with Crippen molar-refractivity contribution in [2.75, 3.05) is 38.5 Å². The first-order valence-corrected chi connectivity index (χ1v) is 9.45. The molecule has 1 fully saturated rings. The summed E-state index contributed by atoms with van der Waals surface area (Å²) in [6.45, 7) is 2.47. The van der Waals surface area contributed by atoms with Gasteiger partial charge in [-0.05, 0) is 31.3 Å². The van der Waals surface area contributed by atoms with Gasteiger partial charge >= 0.3 is 0 Å². The van der Waals surface area contributed by atoms with E-state index in [1.165, 1.54) is 10.5 Å². The first kappa shape index (κ1) is 17.2. The number of hydrogen-bond acceptors (Lipinski definition) is 5. The number of para-hydroxylation sites is 1. The van der Waals surface area contributed by atoms with E-state index < -0.39 is 10.0 Å². The van der Waals surface area contributed by atoms with Crippen molar-refractivity contribution in [2.24, 2.45) is 0 Å². The molecule has 0 amide bonds. The van der Waals surface area contributed by atoms with Crippen LogP contribution in [0.1, 0.15) is 0 Å². The number of pyridine rings is 1. The van der Waals surface area contributed by atoms with Gasteiger partial charge in [-0.25, -0.2) is 13.4 Å². The van der Waals surface area contributed by atoms with E-state index in [9.17, 15) is 8.42 Å². The second-order valence-electron chi connectivity index (χ2n) is 5.69. The van der Waals surface area contributed by atoms with Gasteiger partial charge < -0.3 is 10.2 Å². The van der Waals surface area contributed by atoms with E-state index in [0.29, 0.717) is 23.9 Å². The number of nitrogens with zero attached hydrogens (tertiary/aromatic N) is 3. The van der Waals surface area contributed by atoms with Crippen molar-refractivity contribution in [3.63, 3.8) is 0 Å². The molecule has 0 bridgehead atoms. The quantitative estimate of drug-likeness (QED) is 0.900. The molecule has 3 rings (SSSR count). The third-order valence-corrected chi connectivity index (χ3v) is 6.18. The van der Waals surface area contributed by atoms with Gasteiger partial charge in [0.15, 0.2) is 0 Å². The lowest BCUT2D eigenvalue weighted by atomic mass is 10.3. The highest BCUT2D eigenvalue weighted by Gasteiger charge is 2.27. The summed E-state index contributed by atoms with van der Waals surface area (Å²) in [7, 11) is -1.51. The van der Waals surface area contributed by atoms with E-state index >= 15 is 0 Å². The SMILES string of the molecule is CN1CCN(S(=O)(=O)c2ccc(Nc3ccccc3Cl)nc2)CC1. The normalized spacial score (nSPS) is 16.9. The Balaban J connectivity index is 1.75. The molecule has 2 heterocycles. The number of sulfonamides is 1. The number of aromatic nitrogens is 1. The molecule has 1 N–H and O–H groups in total. The standard InChI is InChI=1S/C16H19ClN4O2S/c1-20-8-10-21(11-9-20)24(22,23)13-6-7-16(18-12-13)19-15-5-3-2-4-14(15)17/h2-7,12H,8-11H2,1H3,(H,18,19). The number of piperazine rings is 1. The topological polar surface area (TPSA) is 65.5 Å². The number of hydrogen-bond donors (Lipinski definition) is 1. The van der Waals surface area contributed by atoms with Gasteiger partial charge in [0.05, 0.1) is 10.7 Å². The summed E-state index contributed by atoms with van der Waals surface area (Å²) in [6, 6.07) is 10.5. The van der Waals surface area contributed by atoms with Crippen LogP contribution < -0.4 is 5.32 Å². The van der Waals surface area contributed by atoms with E-state index in [4.69, 9.17) is 11.6 Å². The smallest absolute Gasteiger partial charge is 0.244 e. The van der Waals surface area contributed by atoms with Crippen molar-refractivity contribution >= 4 is 33.1 Å². The summed E-state index contributed by atoms with van der Waals surface area (Å²) in [5.41, 5.74) is 0.723. The van der Waals surface area contributed by atoms with Gasteiger partial charge in [-0.3, -0.25) is 0 Å². The number of halogens is 1. The van der Waals surface area contributed by atoms with Crippen LogP contribution in [0.3, 0.4) is 0 Å². The van der Waals surface area contributed by atoms with Crippen molar-refractivity contribution in [2.45, 2.75) is 4.90 Å². The third-order valence-electron chi connectivity index (χ3n) is 3.97. The van der Waals surface area contributed by atoms with Gasteiger partial charge in [-0.15, -0.1) is 0 Å². The molecule has 8 heteroatoms. The molecular formula is C16H19ClN4O2S. The van der Waals surface area contributed by atoms with Crippen LogP contribution in [0.2, 0.25) is 5.02 Å². The molecule has 0 unspecified atom stereocenters. The van der Waals surface area contributed by atoms with E-state index in [0.717, 1.165) is 18.8 Å². The number of nitrogens with one attached hydrogen (secondary N) is 1. The molecule has 6 nitrogen and oxygen atoms in total. The third kappa shape index (κ3) is 3.70. The Bertz CT molecular complexity index is 803. The van der Waals surface area contributed by atoms with Crippen LogP contribution in [0.25, 0.3) is 0 Å². The fraction of sp³-hybridized carbons (Fsp3) is 0.312. The van der Waals surface area contributed by atoms with Crippen molar-refractivity contribution in [3.8, 4) is 0 Å². The van der Waals surface area contributed by atoms with Crippen molar-refractivity contribution in [3.05, 3.63) is 47.6 Å². The van der Waals surface area contributed by atoms with Gasteiger partial charge in [-0.1, -0.05) is 23.7 Å². The molecular weight excluding hydrogens is 348 g/mol. The van der Waals surface area contributed by atoms with E-state index in [2.05, 4.69) is 15.2 Å². The second kappa shape index (κ2) is 7.06. The molecule has 0 atom stereocenters. The molecule has 0 saturated carbocycles. The molecule has 24 heavy (non-hydrogen) atoms. The molecule has 2 aromatic rings. The first-order valence-electron chi connectivity index (χ1n) is 7.63. The summed E-state index contributed by atoms with van der Waals surface area (Å²) in [5, 5.41) is 3.66. The molecule has 1 aliphatic heterocycles. The Kier molecular flexibility index (Phi) is 5.05. The van der Waals surface area contributed by atoms with Gasteiger partial charge in [0.1, 0.15) is 10.7 Å². The molecule has 128 valence electrons. The first-order chi connectivity index (χ1) is 11.5. The zero-order valence-electron chi connectivity index (χ0n) is 13.3. The minimum absolute atomic E-state index is 0.205. The summed E-state index contributed by atoms with van der Waals surface area (Å²) >= 11 is 6.09. The van der Waals surface area contributed by atoms with Crippen LogP contribution in [-0.4, -0.2) is 55.8 Å². The lowest BCUT2D eigenvalue weighted by Crippen LogP contribution is -2.47. The van der Waals surface area contributed by atoms with Crippen LogP contribution >= 0.6 is 11.6 Å². The Morgan fingerprint density at radius 2 is 1.79 bits per heavy atom. The molecule has 1 aliphatic rings. The Hall–Kier alpha value is -1.67. The average Bonchev–Trinajstić information content (AvgIpc) is 2.58. The van der Waals surface area contributed by atoms with Crippen LogP contribution in [0, 0.1) is 0 Å². The summed E-state index contributed by atoms with van der Waals surface area (Å²) in [5.74, 6) is 0.542. The molecule has 0 radical (unpaired) electrons. The molecule has 0 aliphatic carbocycles. The maximum absolute atomic E-state index is 12.6. The van der Waals surface area contributed by atoms with Crippen LogP contribution in [-0.2, 0) is 10.0 Å². The van der Waals surface area contributed by atoms with Gasteiger partial charge in [0.2, 0.25) is 10.0 Å². The Morgan fingerprint density at radius 3 is 2.42 bits per heavy atom. The fourth-order valence-electron chi connectivity index (χ4n) is 2.48. The Morgan fingerprint density at radius 1 is 1.08 bits per heavy atom. The zero-order chi connectivity index (χ0) is 17.2. The van der Waals surface area contributed by atoms with E-state index in [1.807, 2.05) is 25.2 Å². The molecule has 1 aromatic carbocycles. The second-order valence-corrected chi connectivity index (χ2v) is 8.04. The van der Waals surface area contributed by atoms with Crippen molar-refractivity contribution < 1.29 is 8.42 Å². The Labute approximate surface area is 147 Å². The highest BCUT2D eigenvalue weighted by Crippen LogP contribution is 2.24. The van der Waals surface area contributed by atoms with Crippen LogP contribution in [0.15, 0.2) is 47.5 Å².